The van der Waals surface area contributed by atoms with E-state index in [0.717, 1.165) is 35.0 Å². The first-order valence-electron chi connectivity index (χ1n) is 11.0. The lowest BCUT2D eigenvalue weighted by Crippen LogP contribution is -2.43. The number of pyridine rings is 1. The van der Waals surface area contributed by atoms with E-state index in [1.807, 2.05) is 30.3 Å². The lowest BCUT2D eigenvalue weighted by molar-refractivity contribution is 0.0876. The number of nitrogens with zero attached hydrogens (tertiary/aromatic N) is 1. The highest BCUT2D eigenvalue weighted by Gasteiger charge is 2.33. The number of amides is 1. The first kappa shape index (κ1) is 20.6. The molecule has 4 rings (SSSR count). The van der Waals surface area contributed by atoms with Crippen LogP contribution in [0.1, 0.15) is 61.5 Å². The van der Waals surface area contributed by atoms with Crippen LogP contribution in [0.25, 0.3) is 22.2 Å². The second-order valence-electron chi connectivity index (χ2n) is 9.95. The van der Waals surface area contributed by atoms with Crippen molar-refractivity contribution in [1.29, 1.82) is 0 Å². The van der Waals surface area contributed by atoms with Crippen LogP contribution in [-0.4, -0.2) is 16.9 Å². The zero-order chi connectivity index (χ0) is 21.5. The number of carbonyl (C=O) groups excluding carboxylic acids is 1. The van der Waals surface area contributed by atoms with Gasteiger partial charge in [-0.15, -0.1) is 0 Å². The third-order valence-electron chi connectivity index (χ3n) is 6.49. The average Bonchev–Trinajstić information content (AvgIpc) is 2.67. The first-order valence-corrected chi connectivity index (χ1v) is 11.0. The molecule has 156 valence electrons. The van der Waals surface area contributed by atoms with Crippen molar-refractivity contribution in [3.05, 3.63) is 65.2 Å². The Morgan fingerprint density at radius 1 is 1.03 bits per heavy atom. The SMILES string of the molecule is Cc1ccc(-c2cc(C(=O)N[C@H]3C[C@@H](C)CC(C)(C)C3)c3ccccc3n2)cc1C. The van der Waals surface area contributed by atoms with Gasteiger partial charge in [-0.2, -0.15) is 0 Å². The Bertz CT molecular complexity index is 1100. The zero-order valence-corrected chi connectivity index (χ0v) is 18.8. The van der Waals surface area contributed by atoms with Crippen LogP contribution in [0.3, 0.4) is 0 Å². The van der Waals surface area contributed by atoms with Gasteiger partial charge in [0.05, 0.1) is 16.8 Å². The molecule has 0 radical (unpaired) electrons. The van der Waals surface area contributed by atoms with Gasteiger partial charge in [-0.05, 0) is 73.8 Å². The van der Waals surface area contributed by atoms with Gasteiger partial charge in [0.2, 0.25) is 0 Å². The van der Waals surface area contributed by atoms with Crippen LogP contribution < -0.4 is 5.32 Å². The normalized spacial score (nSPS) is 20.8. The number of hydrogen-bond acceptors (Lipinski definition) is 2. The fourth-order valence-electron chi connectivity index (χ4n) is 5.13. The maximum absolute atomic E-state index is 13.4. The zero-order valence-electron chi connectivity index (χ0n) is 18.8. The summed E-state index contributed by atoms with van der Waals surface area (Å²) in [5.41, 5.74) is 6.21. The molecule has 1 saturated carbocycles. The maximum Gasteiger partial charge on any atom is 0.252 e. The number of benzene rings is 2. The van der Waals surface area contributed by atoms with E-state index in [4.69, 9.17) is 4.98 Å². The fraction of sp³-hybridized carbons (Fsp3) is 0.407. The van der Waals surface area contributed by atoms with Crippen LogP contribution >= 0.6 is 0 Å². The number of para-hydroxylation sites is 1. The molecule has 3 heteroatoms. The molecule has 0 aliphatic heterocycles. The summed E-state index contributed by atoms with van der Waals surface area (Å²) >= 11 is 0. The monoisotopic (exact) mass is 400 g/mol. The number of aryl methyl sites for hydroxylation is 2. The fourth-order valence-corrected chi connectivity index (χ4v) is 5.13. The minimum absolute atomic E-state index is 0.00795. The maximum atomic E-state index is 13.4. The molecule has 0 saturated heterocycles. The summed E-state index contributed by atoms with van der Waals surface area (Å²) < 4.78 is 0. The Hall–Kier alpha value is -2.68. The third kappa shape index (κ3) is 4.26. The molecule has 0 unspecified atom stereocenters. The molecule has 1 N–H and O–H groups in total. The lowest BCUT2D eigenvalue weighted by atomic mass is 9.70. The molecule has 3 aromatic rings. The van der Waals surface area contributed by atoms with Gasteiger partial charge in [-0.1, -0.05) is 51.1 Å². The standard InChI is InChI=1S/C27H32N2O/c1-17-12-21(16-27(4,5)15-17)28-26(30)23-14-25(20-11-10-18(2)19(3)13-20)29-24-9-7-6-8-22(23)24/h6-11,13-14,17,21H,12,15-16H2,1-5H3,(H,28,30)/t17-,21+/m1/s1. The molecule has 0 spiro atoms. The molecule has 1 aliphatic rings. The Labute approximate surface area is 179 Å². The minimum atomic E-state index is 0.00795. The predicted octanol–water partition coefficient (Wildman–Crippen LogP) is 6.46. The van der Waals surface area contributed by atoms with Crippen molar-refractivity contribution in [2.45, 2.75) is 59.9 Å². The Morgan fingerprint density at radius 2 is 1.80 bits per heavy atom. The lowest BCUT2D eigenvalue weighted by Gasteiger charge is -2.39. The van der Waals surface area contributed by atoms with Crippen LogP contribution in [0.5, 0.6) is 0 Å². The second-order valence-corrected chi connectivity index (χ2v) is 9.95. The van der Waals surface area contributed by atoms with E-state index in [1.54, 1.807) is 0 Å². The van der Waals surface area contributed by atoms with Gasteiger partial charge in [-0.3, -0.25) is 4.79 Å². The van der Waals surface area contributed by atoms with Crippen molar-refractivity contribution < 1.29 is 4.79 Å². The topological polar surface area (TPSA) is 42.0 Å². The molecular formula is C27H32N2O. The summed E-state index contributed by atoms with van der Waals surface area (Å²) in [6.07, 6.45) is 3.28. The quantitative estimate of drug-likeness (QED) is 0.548. The summed E-state index contributed by atoms with van der Waals surface area (Å²) in [7, 11) is 0. The molecule has 3 nitrogen and oxygen atoms in total. The number of fused-ring (bicyclic) bond motifs is 1. The molecule has 1 aromatic heterocycles. The molecule has 2 aromatic carbocycles. The molecule has 30 heavy (non-hydrogen) atoms. The summed E-state index contributed by atoms with van der Waals surface area (Å²) in [5, 5.41) is 4.25. The largest absolute Gasteiger partial charge is 0.349 e. The van der Waals surface area contributed by atoms with E-state index in [2.05, 4.69) is 58.1 Å². The van der Waals surface area contributed by atoms with Crippen molar-refractivity contribution in [2.24, 2.45) is 11.3 Å². The van der Waals surface area contributed by atoms with Gasteiger partial charge in [-0.25, -0.2) is 4.98 Å². The Morgan fingerprint density at radius 3 is 2.53 bits per heavy atom. The first-order chi connectivity index (χ1) is 14.2. The third-order valence-corrected chi connectivity index (χ3v) is 6.49. The molecule has 1 amide bonds. The van der Waals surface area contributed by atoms with Gasteiger partial charge in [0, 0.05) is 17.0 Å². The van der Waals surface area contributed by atoms with Crippen LogP contribution in [0.15, 0.2) is 48.5 Å². The van der Waals surface area contributed by atoms with E-state index < -0.39 is 0 Å². The van der Waals surface area contributed by atoms with E-state index in [-0.39, 0.29) is 17.4 Å². The highest BCUT2D eigenvalue weighted by atomic mass is 16.1. The molecular weight excluding hydrogens is 368 g/mol. The van der Waals surface area contributed by atoms with E-state index in [9.17, 15) is 4.79 Å². The Kier molecular flexibility index (Phi) is 5.40. The summed E-state index contributed by atoms with van der Waals surface area (Å²) in [4.78, 5) is 18.3. The summed E-state index contributed by atoms with van der Waals surface area (Å²) in [6, 6.07) is 16.5. The number of hydrogen-bond donors (Lipinski definition) is 1. The van der Waals surface area contributed by atoms with Crippen molar-refractivity contribution in [2.75, 3.05) is 0 Å². The van der Waals surface area contributed by atoms with E-state index in [1.165, 1.54) is 17.5 Å². The van der Waals surface area contributed by atoms with Crippen LogP contribution in [-0.2, 0) is 0 Å². The molecule has 1 fully saturated rings. The Balaban J connectivity index is 1.72. The van der Waals surface area contributed by atoms with E-state index >= 15 is 0 Å². The van der Waals surface area contributed by atoms with Gasteiger partial charge in [0.15, 0.2) is 0 Å². The van der Waals surface area contributed by atoms with Crippen LogP contribution in [0, 0.1) is 25.2 Å². The number of rotatable bonds is 3. The van der Waals surface area contributed by atoms with Crippen molar-refractivity contribution in [3.63, 3.8) is 0 Å². The summed E-state index contributed by atoms with van der Waals surface area (Å²) in [6.45, 7) is 11.1. The van der Waals surface area contributed by atoms with Crippen LogP contribution in [0.2, 0.25) is 0 Å². The predicted molar refractivity (Wildman–Crippen MR) is 125 cm³/mol. The average molecular weight is 401 g/mol. The molecule has 2 atom stereocenters. The molecule has 1 aliphatic carbocycles. The number of aromatic nitrogens is 1. The summed E-state index contributed by atoms with van der Waals surface area (Å²) in [5.74, 6) is 0.632. The smallest absolute Gasteiger partial charge is 0.252 e. The van der Waals surface area contributed by atoms with E-state index in [0.29, 0.717) is 11.5 Å². The van der Waals surface area contributed by atoms with Crippen molar-refractivity contribution in [1.82, 2.24) is 10.3 Å². The minimum Gasteiger partial charge on any atom is -0.349 e. The molecule has 1 heterocycles. The van der Waals surface area contributed by atoms with Crippen molar-refractivity contribution >= 4 is 16.8 Å². The number of carbonyl (C=O) groups is 1. The van der Waals surface area contributed by atoms with Crippen LogP contribution in [0.4, 0.5) is 0 Å². The van der Waals surface area contributed by atoms with Gasteiger partial charge in [0.1, 0.15) is 0 Å². The highest BCUT2D eigenvalue weighted by Crippen LogP contribution is 2.38. The highest BCUT2D eigenvalue weighted by molar-refractivity contribution is 6.07. The second kappa shape index (κ2) is 7.86. The van der Waals surface area contributed by atoms with Gasteiger partial charge in [0.25, 0.3) is 5.91 Å². The van der Waals surface area contributed by atoms with Gasteiger partial charge >= 0.3 is 0 Å². The number of nitrogens with one attached hydrogen (secondary N) is 1. The molecule has 0 bridgehead atoms. The van der Waals surface area contributed by atoms with Gasteiger partial charge < -0.3 is 5.32 Å². The van der Waals surface area contributed by atoms with Crippen molar-refractivity contribution in [3.8, 4) is 11.3 Å².